The maximum absolute atomic E-state index is 12.3. The zero-order chi connectivity index (χ0) is 18.3. The molecule has 8 nitrogen and oxygen atoms in total. The van der Waals surface area contributed by atoms with Gasteiger partial charge in [0.15, 0.2) is 17.7 Å². The van der Waals surface area contributed by atoms with Gasteiger partial charge < -0.3 is 35.4 Å². The summed E-state index contributed by atoms with van der Waals surface area (Å²) in [6.45, 7) is 1.34. The molecule has 1 rings (SSSR count). The molecule has 6 atom stereocenters. The minimum atomic E-state index is -2.70. The van der Waals surface area contributed by atoms with E-state index in [0.717, 1.165) is 32.1 Å². The molecular weight excluding hydrogens is 320 g/mol. The predicted octanol–water partition coefficient (Wildman–Crippen LogP) is -1.17. The lowest BCUT2D eigenvalue weighted by molar-refractivity contribution is -0.311. The van der Waals surface area contributed by atoms with Crippen molar-refractivity contribution >= 4 is 5.78 Å². The Kier molecular flexibility index (Phi) is 8.72. The van der Waals surface area contributed by atoms with Crippen LogP contribution in [0.1, 0.15) is 51.9 Å². The second kappa shape index (κ2) is 9.76. The smallest absolute Gasteiger partial charge is 0.184 e. The van der Waals surface area contributed by atoms with Gasteiger partial charge in [0.25, 0.3) is 0 Å². The molecule has 0 aromatic carbocycles. The molecule has 0 radical (unpaired) electrons. The van der Waals surface area contributed by atoms with Crippen molar-refractivity contribution in [3.8, 4) is 0 Å². The molecule has 1 unspecified atom stereocenters. The van der Waals surface area contributed by atoms with Crippen LogP contribution in [-0.4, -0.2) is 79.3 Å². The van der Waals surface area contributed by atoms with E-state index in [1.54, 1.807) is 0 Å². The van der Waals surface area contributed by atoms with Gasteiger partial charge in [0.05, 0.1) is 12.7 Å². The first-order chi connectivity index (χ1) is 11.3. The molecule has 1 aliphatic heterocycles. The summed E-state index contributed by atoms with van der Waals surface area (Å²) >= 11 is 0. The first-order valence-electron chi connectivity index (χ1n) is 8.53. The van der Waals surface area contributed by atoms with E-state index in [0.29, 0.717) is 6.42 Å². The molecule has 0 aromatic heterocycles. The molecule has 0 saturated carbocycles. The quantitative estimate of drug-likeness (QED) is 0.270. The number of carbonyl (C=O) groups is 1. The van der Waals surface area contributed by atoms with Crippen LogP contribution in [0.25, 0.3) is 0 Å². The summed E-state index contributed by atoms with van der Waals surface area (Å²) in [6.07, 6.45) is -3.55. The molecule has 6 N–H and O–H groups in total. The number of carbonyl (C=O) groups excluding carboxylic acids is 1. The number of ether oxygens (including phenoxy) is 1. The van der Waals surface area contributed by atoms with Gasteiger partial charge in [-0.25, -0.2) is 0 Å². The number of rotatable bonds is 10. The number of unbranched alkanes of at least 4 members (excludes halogenated alkanes) is 4. The molecule has 0 bridgehead atoms. The van der Waals surface area contributed by atoms with Crippen LogP contribution in [0.15, 0.2) is 0 Å². The highest BCUT2D eigenvalue weighted by Crippen LogP contribution is 2.31. The van der Waals surface area contributed by atoms with Crippen LogP contribution in [0, 0.1) is 0 Å². The monoisotopic (exact) mass is 350 g/mol. The highest BCUT2D eigenvalue weighted by Gasteiger charge is 2.58. The highest BCUT2D eigenvalue weighted by molar-refractivity contribution is 5.89. The van der Waals surface area contributed by atoms with Crippen molar-refractivity contribution in [1.82, 2.24) is 0 Å². The van der Waals surface area contributed by atoms with Crippen LogP contribution in [0.2, 0.25) is 0 Å². The van der Waals surface area contributed by atoms with Crippen molar-refractivity contribution in [2.24, 2.45) is 0 Å². The maximum Gasteiger partial charge on any atom is 0.184 e. The fourth-order valence-corrected chi connectivity index (χ4v) is 2.94. The lowest BCUT2D eigenvalue weighted by Gasteiger charge is -2.45. The standard InChI is InChI=1S/C16H30O8/c1-2-3-4-5-6-7-10(18)8-12(19)16(23)13(20)11(9-17)24-15(22)14(16)21/h10-11,13-15,17-18,20-23H,2-9H2,1H3/t10?,11-,13-,14+,15+,16+/m1/s1. The normalized spacial score (nSPS) is 35.0. The molecule has 24 heavy (non-hydrogen) atoms. The number of aliphatic hydroxyl groups is 6. The zero-order valence-corrected chi connectivity index (χ0v) is 14.0. The van der Waals surface area contributed by atoms with Gasteiger partial charge in [0, 0.05) is 6.42 Å². The number of Topliss-reactive ketones (excluding diaryl/α,β-unsaturated/α-hetero) is 1. The van der Waals surface area contributed by atoms with Gasteiger partial charge in [0.2, 0.25) is 0 Å². The number of hydrogen-bond acceptors (Lipinski definition) is 8. The molecule has 142 valence electrons. The van der Waals surface area contributed by atoms with E-state index >= 15 is 0 Å². The molecule has 1 heterocycles. The SMILES string of the molecule is CCCCCCCC(O)CC(=O)[C@]1(O)[C@H](O)[C@@H](CO)O[C@H](O)[C@@H]1O. The Hall–Kier alpha value is -0.610. The van der Waals surface area contributed by atoms with Gasteiger partial charge in [-0.2, -0.15) is 0 Å². The van der Waals surface area contributed by atoms with Gasteiger partial charge in [-0.05, 0) is 6.42 Å². The number of ketones is 1. The van der Waals surface area contributed by atoms with Crippen molar-refractivity contribution in [2.75, 3.05) is 6.61 Å². The third-order valence-electron chi connectivity index (χ3n) is 4.53. The molecule has 1 aliphatic rings. The highest BCUT2D eigenvalue weighted by atomic mass is 16.6. The van der Waals surface area contributed by atoms with Gasteiger partial charge in [-0.1, -0.05) is 39.0 Å². The zero-order valence-electron chi connectivity index (χ0n) is 14.0. The Morgan fingerprint density at radius 3 is 2.33 bits per heavy atom. The summed E-state index contributed by atoms with van der Waals surface area (Å²) in [4.78, 5) is 12.3. The van der Waals surface area contributed by atoms with Crippen molar-refractivity contribution in [3.05, 3.63) is 0 Å². The Morgan fingerprint density at radius 1 is 1.12 bits per heavy atom. The average Bonchev–Trinajstić information content (AvgIpc) is 2.55. The molecule has 1 fully saturated rings. The van der Waals surface area contributed by atoms with Crippen LogP contribution in [0.4, 0.5) is 0 Å². The molecule has 1 saturated heterocycles. The van der Waals surface area contributed by atoms with E-state index in [-0.39, 0.29) is 0 Å². The van der Waals surface area contributed by atoms with Crippen molar-refractivity contribution < 1.29 is 40.2 Å². The lowest BCUT2D eigenvalue weighted by atomic mass is 9.78. The van der Waals surface area contributed by atoms with Crippen molar-refractivity contribution in [3.63, 3.8) is 0 Å². The fourth-order valence-electron chi connectivity index (χ4n) is 2.94. The summed E-state index contributed by atoms with van der Waals surface area (Å²) in [5, 5.41) is 58.9. The first-order valence-corrected chi connectivity index (χ1v) is 8.53. The number of hydrogen-bond donors (Lipinski definition) is 6. The van der Waals surface area contributed by atoms with Gasteiger partial charge in [-0.15, -0.1) is 0 Å². The maximum atomic E-state index is 12.3. The Bertz CT molecular complexity index is 390. The van der Waals surface area contributed by atoms with Crippen molar-refractivity contribution in [2.45, 2.75) is 88.2 Å². The Morgan fingerprint density at radius 2 is 1.75 bits per heavy atom. The van der Waals surface area contributed by atoms with Crippen molar-refractivity contribution in [1.29, 1.82) is 0 Å². The van der Waals surface area contributed by atoms with E-state index < -0.39 is 55.1 Å². The Labute approximate surface area is 141 Å². The van der Waals surface area contributed by atoms with Crippen LogP contribution in [0.3, 0.4) is 0 Å². The van der Waals surface area contributed by atoms with Crippen LogP contribution in [0.5, 0.6) is 0 Å². The summed E-state index contributed by atoms with van der Waals surface area (Å²) in [5.41, 5.74) is -2.70. The van der Waals surface area contributed by atoms with Crippen LogP contribution < -0.4 is 0 Å². The first kappa shape index (κ1) is 21.4. The second-order valence-corrected chi connectivity index (χ2v) is 6.45. The topological polar surface area (TPSA) is 148 Å². The summed E-state index contributed by atoms with van der Waals surface area (Å²) < 4.78 is 4.74. The minimum absolute atomic E-state index is 0.361. The van der Waals surface area contributed by atoms with Gasteiger partial charge in [0.1, 0.15) is 18.3 Å². The minimum Gasteiger partial charge on any atom is -0.394 e. The summed E-state index contributed by atoms with van der Waals surface area (Å²) in [7, 11) is 0. The second-order valence-electron chi connectivity index (χ2n) is 6.45. The largest absolute Gasteiger partial charge is 0.394 e. The van der Waals surface area contributed by atoms with E-state index in [4.69, 9.17) is 9.84 Å². The van der Waals surface area contributed by atoms with Crippen LogP contribution in [-0.2, 0) is 9.53 Å². The van der Waals surface area contributed by atoms with Gasteiger partial charge >= 0.3 is 0 Å². The summed E-state index contributed by atoms with van der Waals surface area (Å²) in [6, 6.07) is 0. The average molecular weight is 350 g/mol. The van der Waals surface area contributed by atoms with E-state index in [1.165, 1.54) is 0 Å². The van der Waals surface area contributed by atoms with Gasteiger partial charge in [-0.3, -0.25) is 4.79 Å². The molecule has 0 spiro atoms. The summed E-state index contributed by atoms with van der Waals surface area (Å²) in [5.74, 6) is -0.996. The molecular formula is C16H30O8. The van der Waals surface area contributed by atoms with E-state index in [9.17, 15) is 30.3 Å². The molecule has 0 aliphatic carbocycles. The lowest BCUT2D eigenvalue weighted by Crippen LogP contribution is -2.70. The predicted molar refractivity (Wildman–Crippen MR) is 83.9 cm³/mol. The molecule has 8 heteroatoms. The third kappa shape index (κ3) is 4.95. The Balaban J connectivity index is 2.62. The molecule has 0 amide bonds. The number of aliphatic hydroxyl groups excluding tert-OH is 5. The van der Waals surface area contributed by atoms with E-state index in [2.05, 4.69) is 6.92 Å². The van der Waals surface area contributed by atoms with Crippen LogP contribution >= 0.6 is 0 Å². The molecule has 0 aromatic rings. The fraction of sp³-hybridized carbons (Fsp3) is 0.938. The van der Waals surface area contributed by atoms with E-state index in [1.807, 2.05) is 0 Å². The third-order valence-corrected chi connectivity index (χ3v) is 4.53.